The van der Waals surface area contributed by atoms with Gasteiger partial charge in [0.05, 0.1) is 6.04 Å². The molecular weight excluding hydrogens is 359 g/mol. The lowest BCUT2D eigenvalue weighted by molar-refractivity contribution is -0.142. The molecule has 2 fully saturated rings. The fourth-order valence-electron chi connectivity index (χ4n) is 4.06. The molecule has 28 heavy (non-hydrogen) atoms. The number of rotatable bonds is 6. The van der Waals surface area contributed by atoms with E-state index in [2.05, 4.69) is 10.2 Å². The number of carbonyl (C=O) groups excluding carboxylic acids is 2. The Balaban J connectivity index is 1.59. The van der Waals surface area contributed by atoms with Gasteiger partial charge >= 0.3 is 0 Å². The quantitative estimate of drug-likeness (QED) is 0.791. The summed E-state index contributed by atoms with van der Waals surface area (Å²) in [4.78, 5) is 30.8. The van der Waals surface area contributed by atoms with Gasteiger partial charge in [0.2, 0.25) is 11.8 Å². The van der Waals surface area contributed by atoms with Crippen molar-refractivity contribution in [1.29, 1.82) is 0 Å². The first kappa shape index (κ1) is 20.7. The normalized spacial score (nSPS) is 19.5. The lowest BCUT2D eigenvalue weighted by Crippen LogP contribution is -2.58. The predicted octanol–water partition coefficient (Wildman–Crippen LogP) is 1.11. The molecule has 2 amide bonds. The average molecular weight is 391 g/mol. The van der Waals surface area contributed by atoms with Gasteiger partial charge in [-0.15, -0.1) is 0 Å². The minimum atomic E-state index is -0.220. The van der Waals surface area contributed by atoms with Crippen LogP contribution in [0.15, 0.2) is 24.3 Å². The third-order valence-electron chi connectivity index (χ3n) is 5.77. The number of nitrogens with one attached hydrogen (secondary N) is 1. The molecule has 2 aliphatic heterocycles. The summed E-state index contributed by atoms with van der Waals surface area (Å²) in [5.74, 6) is 0.0385. The molecule has 1 aromatic carbocycles. The van der Waals surface area contributed by atoms with Crippen LogP contribution in [0.25, 0.3) is 0 Å². The summed E-state index contributed by atoms with van der Waals surface area (Å²) in [5.41, 5.74) is 1.10. The van der Waals surface area contributed by atoms with Crippen LogP contribution in [0.4, 0.5) is 4.39 Å². The van der Waals surface area contributed by atoms with Gasteiger partial charge in [-0.1, -0.05) is 12.1 Å². The molecule has 0 aliphatic carbocycles. The minimum Gasteiger partial charge on any atom is -0.339 e. The van der Waals surface area contributed by atoms with E-state index in [4.69, 9.17) is 0 Å². The van der Waals surface area contributed by atoms with E-state index in [-0.39, 0.29) is 23.7 Å². The molecule has 1 aromatic rings. The highest BCUT2D eigenvalue weighted by molar-refractivity contribution is 5.82. The van der Waals surface area contributed by atoms with Crippen LogP contribution in [0, 0.1) is 5.82 Å². The van der Waals surface area contributed by atoms with E-state index in [9.17, 15) is 14.0 Å². The van der Waals surface area contributed by atoms with Crippen LogP contribution >= 0.6 is 0 Å². The van der Waals surface area contributed by atoms with Gasteiger partial charge < -0.3 is 15.1 Å². The predicted molar refractivity (Wildman–Crippen MR) is 106 cm³/mol. The highest BCUT2D eigenvalue weighted by atomic mass is 19.1. The maximum atomic E-state index is 13.3. The van der Waals surface area contributed by atoms with Crippen molar-refractivity contribution < 1.29 is 14.0 Å². The fourth-order valence-corrected chi connectivity index (χ4v) is 4.06. The number of benzene rings is 1. The van der Waals surface area contributed by atoms with E-state index in [0.29, 0.717) is 26.2 Å². The monoisotopic (exact) mass is 390 g/mol. The molecule has 6 nitrogen and oxygen atoms in total. The Morgan fingerprint density at radius 3 is 2.21 bits per heavy atom. The Morgan fingerprint density at radius 2 is 1.61 bits per heavy atom. The summed E-state index contributed by atoms with van der Waals surface area (Å²) < 4.78 is 13.1. The highest BCUT2D eigenvalue weighted by Gasteiger charge is 2.32. The Morgan fingerprint density at radius 1 is 1.00 bits per heavy atom. The van der Waals surface area contributed by atoms with Crippen molar-refractivity contribution in [3.05, 3.63) is 35.6 Å². The van der Waals surface area contributed by atoms with Crippen molar-refractivity contribution in [2.24, 2.45) is 0 Å². The second-order valence-corrected chi connectivity index (χ2v) is 7.65. The summed E-state index contributed by atoms with van der Waals surface area (Å²) in [5, 5.41) is 3.35. The van der Waals surface area contributed by atoms with Crippen LogP contribution in [0.3, 0.4) is 0 Å². The van der Waals surface area contributed by atoms with Crippen LogP contribution in [0.5, 0.6) is 0 Å². The van der Waals surface area contributed by atoms with Crippen LogP contribution in [-0.2, 0) is 16.0 Å². The summed E-state index contributed by atoms with van der Waals surface area (Å²) in [6.07, 6.45) is 2.52. The zero-order valence-corrected chi connectivity index (χ0v) is 16.7. The molecule has 7 heteroatoms. The maximum absolute atomic E-state index is 13.3. The zero-order valence-electron chi connectivity index (χ0n) is 16.7. The van der Waals surface area contributed by atoms with E-state index >= 15 is 0 Å². The number of halogens is 1. The van der Waals surface area contributed by atoms with Crippen molar-refractivity contribution in [3.8, 4) is 0 Å². The van der Waals surface area contributed by atoms with Crippen molar-refractivity contribution >= 4 is 11.8 Å². The van der Waals surface area contributed by atoms with Gasteiger partial charge in [-0.25, -0.2) is 4.39 Å². The van der Waals surface area contributed by atoms with Gasteiger partial charge in [-0.05, 0) is 37.0 Å². The van der Waals surface area contributed by atoms with Gasteiger partial charge in [0.15, 0.2) is 0 Å². The van der Waals surface area contributed by atoms with Crippen LogP contribution in [0.1, 0.15) is 25.3 Å². The number of piperazine rings is 2. The molecule has 0 radical (unpaired) electrons. The lowest BCUT2D eigenvalue weighted by atomic mass is 10.0. The molecule has 1 N–H and O–H groups in total. The molecule has 154 valence electrons. The summed E-state index contributed by atoms with van der Waals surface area (Å²) >= 11 is 0. The Hall–Kier alpha value is -1.99. The molecule has 2 heterocycles. The maximum Gasteiger partial charge on any atom is 0.240 e. The van der Waals surface area contributed by atoms with Crippen LogP contribution in [-0.4, -0.2) is 84.9 Å². The van der Waals surface area contributed by atoms with E-state index in [1.54, 1.807) is 11.8 Å². The van der Waals surface area contributed by atoms with Gasteiger partial charge in [0, 0.05) is 59.3 Å². The molecule has 0 spiro atoms. The van der Waals surface area contributed by atoms with E-state index in [1.165, 1.54) is 12.1 Å². The lowest BCUT2D eigenvalue weighted by Gasteiger charge is -2.40. The minimum absolute atomic E-state index is 0.0741. The SMILES string of the molecule is CC(=O)N1CCN(C(=O)C(CCCc2ccc(F)cc2)N2CCNCC2)CC1. The molecule has 1 atom stereocenters. The second kappa shape index (κ2) is 9.98. The summed E-state index contributed by atoms with van der Waals surface area (Å²) in [6, 6.07) is 6.49. The molecular formula is C21H31FN4O2. The van der Waals surface area contributed by atoms with Gasteiger partial charge in [-0.2, -0.15) is 0 Å². The molecule has 0 saturated carbocycles. The smallest absolute Gasteiger partial charge is 0.240 e. The van der Waals surface area contributed by atoms with Crippen molar-refractivity contribution in [3.63, 3.8) is 0 Å². The van der Waals surface area contributed by atoms with Gasteiger partial charge in [0.1, 0.15) is 5.82 Å². The summed E-state index contributed by atoms with van der Waals surface area (Å²) in [6.45, 7) is 7.59. The number of nitrogens with zero attached hydrogens (tertiary/aromatic N) is 3. The number of hydrogen-bond acceptors (Lipinski definition) is 4. The van der Waals surface area contributed by atoms with Gasteiger partial charge in [-0.3, -0.25) is 14.5 Å². The van der Waals surface area contributed by atoms with Crippen molar-refractivity contribution in [2.45, 2.75) is 32.2 Å². The zero-order chi connectivity index (χ0) is 19.9. The Labute approximate surface area is 166 Å². The second-order valence-electron chi connectivity index (χ2n) is 7.65. The number of amides is 2. The Bertz CT molecular complexity index is 653. The van der Waals surface area contributed by atoms with Gasteiger partial charge in [0.25, 0.3) is 0 Å². The van der Waals surface area contributed by atoms with E-state index < -0.39 is 0 Å². The number of carbonyl (C=O) groups is 2. The van der Waals surface area contributed by atoms with Crippen molar-refractivity contribution in [1.82, 2.24) is 20.0 Å². The van der Waals surface area contributed by atoms with Crippen LogP contribution < -0.4 is 5.32 Å². The highest BCUT2D eigenvalue weighted by Crippen LogP contribution is 2.16. The molecule has 1 unspecified atom stereocenters. The third kappa shape index (κ3) is 5.52. The first-order valence-corrected chi connectivity index (χ1v) is 10.3. The standard InChI is InChI=1S/C21H31FN4O2/c1-17(27)24-13-15-26(16-14-24)21(28)20(25-11-9-23-10-12-25)4-2-3-18-5-7-19(22)8-6-18/h5-8,20,23H,2-4,9-16H2,1H3. The number of hydrogen-bond donors (Lipinski definition) is 1. The Kier molecular flexibility index (Phi) is 7.39. The first-order valence-electron chi connectivity index (χ1n) is 10.3. The first-order chi connectivity index (χ1) is 13.5. The summed E-state index contributed by atoms with van der Waals surface area (Å²) in [7, 11) is 0. The number of aryl methyl sites for hydroxylation is 1. The average Bonchev–Trinajstić information content (AvgIpc) is 2.73. The molecule has 3 rings (SSSR count). The topological polar surface area (TPSA) is 55.9 Å². The largest absolute Gasteiger partial charge is 0.339 e. The molecule has 0 aromatic heterocycles. The molecule has 2 saturated heterocycles. The van der Waals surface area contributed by atoms with Crippen LogP contribution in [0.2, 0.25) is 0 Å². The van der Waals surface area contributed by atoms with E-state index in [0.717, 1.165) is 51.0 Å². The third-order valence-corrected chi connectivity index (χ3v) is 5.77. The fraction of sp³-hybridized carbons (Fsp3) is 0.619. The van der Waals surface area contributed by atoms with Crippen molar-refractivity contribution in [2.75, 3.05) is 52.4 Å². The molecule has 2 aliphatic rings. The molecule has 0 bridgehead atoms. The van der Waals surface area contributed by atoms with E-state index in [1.807, 2.05) is 17.0 Å².